The van der Waals surface area contributed by atoms with Crippen LogP contribution in [-0.4, -0.2) is 36.0 Å². The van der Waals surface area contributed by atoms with Crippen LogP contribution in [0.15, 0.2) is 0 Å². The maximum atomic E-state index is 12.4. The van der Waals surface area contributed by atoms with Crippen LogP contribution in [0.5, 0.6) is 0 Å². The first-order chi connectivity index (χ1) is 7.95. The van der Waals surface area contributed by atoms with Crippen LogP contribution in [0.3, 0.4) is 0 Å². The van der Waals surface area contributed by atoms with E-state index in [0.717, 1.165) is 4.90 Å². The molecule has 0 bridgehead atoms. The summed E-state index contributed by atoms with van der Waals surface area (Å²) in [6.07, 6.45) is -4.38. The van der Waals surface area contributed by atoms with Crippen molar-refractivity contribution in [2.75, 3.05) is 19.0 Å². The third-order valence-corrected chi connectivity index (χ3v) is 4.47. The Morgan fingerprint density at radius 2 is 1.67 bits per heavy atom. The van der Waals surface area contributed by atoms with E-state index in [1.807, 2.05) is 27.7 Å². The Hall–Kier alpha value is -0.450. The minimum Gasteiger partial charge on any atom is -0.332 e. The van der Waals surface area contributed by atoms with E-state index in [4.69, 9.17) is 11.6 Å². The number of alkyl halides is 4. The van der Waals surface area contributed by atoms with Gasteiger partial charge in [-0.1, -0.05) is 27.7 Å². The van der Waals surface area contributed by atoms with E-state index in [2.05, 4.69) is 0 Å². The van der Waals surface area contributed by atoms with Crippen LogP contribution in [-0.2, 0) is 4.79 Å². The van der Waals surface area contributed by atoms with Gasteiger partial charge in [-0.3, -0.25) is 4.79 Å². The van der Waals surface area contributed by atoms with Crippen molar-refractivity contribution in [2.45, 2.75) is 33.9 Å². The summed E-state index contributed by atoms with van der Waals surface area (Å²) in [5.41, 5.74) is -0.527. The summed E-state index contributed by atoms with van der Waals surface area (Å²) in [6, 6.07) is 0. The Balaban J connectivity index is 2.80. The lowest BCUT2D eigenvalue weighted by Gasteiger charge is -2.24. The van der Waals surface area contributed by atoms with Gasteiger partial charge in [-0.2, -0.15) is 13.2 Å². The van der Waals surface area contributed by atoms with E-state index in [1.165, 1.54) is 0 Å². The second-order valence-corrected chi connectivity index (χ2v) is 6.32. The van der Waals surface area contributed by atoms with E-state index in [-0.39, 0.29) is 29.2 Å². The predicted octanol–water partition coefficient (Wildman–Crippen LogP) is 3.30. The Bertz CT molecular complexity index is 325. The highest BCUT2D eigenvalue weighted by molar-refractivity contribution is 6.18. The van der Waals surface area contributed by atoms with Crippen LogP contribution >= 0.6 is 11.6 Å². The Morgan fingerprint density at radius 1 is 1.22 bits per heavy atom. The largest absolute Gasteiger partial charge is 0.406 e. The topological polar surface area (TPSA) is 20.3 Å². The van der Waals surface area contributed by atoms with Crippen molar-refractivity contribution in [3.05, 3.63) is 0 Å². The molecule has 18 heavy (non-hydrogen) atoms. The van der Waals surface area contributed by atoms with Gasteiger partial charge in [0.1, 0.15) is 6.54 Å². The smallest absolute Gasteiger partial charge is 0.332 e. The molecule has 0 radical (unpaired) electrons. The molecule has 2 nitrogen and oxygen atoms in total. The predicted molar refractivity (Wildman–Crippen MR) is 64.4 cm³/mol. The fraction of sp³-hybridized carbons (Fsp3) is 0.917. The molecule has 0 aromatic heterocycles. The van der Waals surface area contributed by atoms with Gasteiger partial charge < -0.3 is 4.90 Å². The van der Waals surface area contributed by atoms with Crippen LogP contribution in [0.2, 0.25) is 0 Å². The molecule has 0 spiro atoms. The lowest BCUT2D eigenvalue weighted by Crippen LogP contribution is -2.42. The molecule has 1 rings (SSSR count). The first-order valence-electron chi connectivity index (χ1n) is 5.86. The molecule has 1 saturated carbocycles. The van der Waals surface area contributed by atoms with Gasteiger partial charge in [0.05, 0.1) is 0 Å². The van der Waals surface area contributed by atoms with Crippen molar-refractivity contribution >= 4 is 17.5 Å². The second kappa shape index (κ2) is 4.58. The molecule has 6 heteroatoms. The highest BCUT2D eigenvalue weighted by Gasteiger charge is 2.69. The van der Waals surface area contributed by atoms with Gasteiger partial charge in [0.2, 0.25) is 5.91 Å². The zero-order chi connectivity index (χ0) is 14.4. The van der Waals surface area contributed by atoms with Gasteiger partial charge in [0.15, 0.2) is 0 Å². The van der Waals surface area contributed by atoms with E-state index in [9.17, 15) is 18.0 Å². The molecule has 1 amide bonds. The average Bonchev–Trinajstić information content (AvgIpc) is 2.53. The van der Waals surface area contributed by atoms with Crippen LogP contribution in [0, 0.1) is 16.7 Å². The third-order valence-electron chi connectivity index (χ3n) is 4.30. The van der Waals surface area contributed by atoms with E-state index < -0.39 is 18.6 Å². The monoisotopic (exact) mass is 285 g/mol. The van der Waals surface area contributed by atoms with Gasteiger partial charge in [0, 0.05) is 18.3 Å². The Morgan fingerprint density at radius 3 is 1.94 bits per heavy atom. The van der Waals surface area contributed by atoms with Crippen LogP contribution in [0.25, 0.3) is 0 Å². The summed E-state index contributed by atoms with van der Waals surface area (Å²) >= 11 is 5.48. The molecule has 1 aliphatic rings. The Kier molecular flexibility index (Phi) is 3.97. The molecule has 0 atom stereocenters. The minimum absolute atomic E-state index is 0.00932. The second-order valence-electron chi connectivity index (χ2n) is 5.94. The van der Waals surface area contributed by atoms with Crippen LogP contribution in [0.4, 0.5) is 13.2 Å². The molecule has 0 unspecified atom stereocenters. The molecule has 1 fully saturated rings. The summed E-state index contributed by atoms with van der Waals surface area (Å²) in [5.74, 6) is -0.798. The van der Waals surface area contributed by atoms with Crippen molar-refractivity contribution < 1.29 is 18.0 Å². The zero-order valence-corrected chi connectivity index (χ0v) is 11.8. The van der Waals surface area contributed by atoms with Crippen LogP contribution in [0.1, 0.15) is 27.7 Å². The van der Waals surface area contributed by atoms with E-state index in [1.54, 1.807) is 0 Å². The van der Waals surface area contributed by atoms with E-state index in [0.29, 0.717) is 0 Å². The molecule has 0 aliphatic heterocycles. The molecule has 0 aromatic rings. The number of carbonyl (C=O) groups excluding carboxylic acids is 1. The molecule has 0 saturated heterocycles. The SMILES string of the molecule is CC1(C)C(C(=O)N(CCCl)CC(F)(F)F)C1(C)C. The lowest BCUT2D eigenvalue weighted by molar-refractivity contribution is -0.162. The van der Waals surface area contributed by atoms with E-state index >= 15 is 0 Å². The standard InChI is InChI=1S/C12H19ClF3NO/c1-10(2)8(11(10,3)4)9(18)17(6-5-13)7-12(14,15)16/h8H,5-7H2,1-4H3. The number of amides is 1. The number of hydrogen-bond acceptors (Lipinski definition) is 1. The number of hydrogen-bond donors (Lipinski definition) is 0. The molecule has 0 aromatic carbocycles. The number of halogens is 4. The highest BCUT2D eigenvalue weighted by atomic mass is 35.5. The third kappa shape index (κ3) is 2.76. The fourth-order valence-corrected chi connectivity index (χ4v) is 2.79. The quantitative estimate of drug-likeness (QED) is 0.726. The van der Waals surface area contributed by atoms with Crippen molar-refractivity contribution in [1.82, 2.24) is 4.90 Å². The normalized spacial score (nSPS) is 21.8. The van der Waals surface area contributed by atoms with Crippen molar-refractivity contribution in [3.8, 4) is 0 Å². The number of rotatable bonds is 4. The molecule has 0 heterocycles. The van der Waals surface area contributed by atoms with Crippen molar-refractivity contribution in [2.24, 2.45) is 16.7 Å². The number of nitrogens with zero attached hydrogens (tertiary/aromatic N) is 1. The van der Waals surface area contributed by atoms with Crippen LogP contribution < -0.4 is 0 Å². The minimum atomic E-state index is -4.38. The average molecular weight is 286 g/mol. The molecular formula is C12H19ClF3NO. The summed E-state index contributed by atoms with van der Waals surface area (Å²) in [5, 5.41) is 0. The fourth-order valence-electron chi connectivity index (χ4n) is 2.58. The zero-order valence-electron chi connectivity index (χ0n) is 11.1. The van der Waals surface area contributed by atoms with Gasteiger partial charge in [-0.15, -0.1) is 11.6 Å². The summed E-state index contributed by atoms with van der Waals surface area (Å²) in [7, 11) is 0. The van der Waals surface area contributed by atoms with Gasteiger partial charge in [-0.25, -0.2) is 0 Å². The summed E-state index contributed by atoms with van der Waals surface area (Å²) in [6.45, 7) is 6.33. The van der Waals surface area contributed by atoms with Gasteiger partial charge >= 0.3 is 6.18 Å². The lowest BCUT2D eigenvalue weighted by atomic mass is 10.0. The first-order valence-corrected chi connectivity index (χ1v) is 6.40. The molecule has 1 aliphatic carbocycles. The van der Waals surface area contributed by atoms with Crippen molar-refractivity contribution in [1.29, 1.82) is 0 Å². The highest BCUT2D eigenvalue weighted by Crippen LogP contribution is 2.68. The maximum absolute atomic E-state index is 12.4. The van der Waals surface area contributed by atoms with Gasteiger partial charge in [-0.05, 0) is 10.8 Å². The summed E-state index contributed by atoms with van der Waals surface area (Å²) < 4.78 is 37.3. The maximum Gasteiger partial charge on any atom is 0.406 e. The van der Waals surface area contributed by atoms with Gasteiger partial charge in [0.25, 0.3) is 0 Å². The summed E-state index contributed by atoms with van der Waals surface area (Å²) in [4.78, 5) is 13.0. The van der Waals surface area contributed by atoms with Crippen molar-refractivity contribution in [3.63, 3.8) is 0 Å². The molecular weight excluding hydrogens is 267 g/mol. The molecule has 106 valence electrons. The number of carbonyl (C=O) groups is 1. The Labute approximate surface area is 110 Å². The molecule has 0 N–H and O–H groups in total. The first kappa shape index (κ1) is 15.6.